The third kappa shape index (κ3) is 1.87. The molecule has 2 aliphatic carbocycles. The second-order valence-corrected chi connectivity index (χ2v) is 6.14. The maximum atomic E-state index is 12.4. The van der Waals surface area contributed by atoms with E-state index in [9.17, 15) is 14.4 Å². The molecule has 3 aliphatic rings. The first-order valence-corrected chi connectivity index (χ1v) is 7.35. The van der Waals surface area contributed by atoms with Gasteiger partial charge in [0, 0.05) is 6.04 Å². The summed E-state index contributed by atoms with van der Waals surface area (Å²) in [7, 11) is 0. The van der Waals surface area contributed by atoms with Crippen LogP contribution in [0.25, 0.3) is 0 Å². The molecule has 0 spiro atoms. The lowest BCUT2D eigenvalue weighted by Crippen LogP contribution is -2.44. The average Bonchev–Trinajstić information content (AvgIpc) is 3.08. The van der Waals surface area contributed by atoms with Crippen LogP contribution in [-0.2, 0) is 14.4 Å². The number of nitrogens with zero attached hydrogens (tertiary/aromatic N) is 1. The quantitative estimate of drug-likeness (QED) is 0.607. The highest BCUT2D eigenvalue weighted by atomic mass is 16.2. The molecule has 1 N–H and O–H groups in total. The summed E-state index contributed by atoms with van der Waals surface area (Å²) in [5.41, 5.74) is 0. The van der Waals surface area contributed by atoms with E-state index in [0.717, 1.165) is 12.8 Å². The minimum Gasteiger partial charge on any atom is -0.352 e. The van der Waals surface area contributed by atoms with E-state index in [2.05, 4.69) is 17.5 Å². The molecule has 2 fully saturated rings. The summed E-state index contributed by atoms with van der Waals surface area (Å²) in [4.78, 5) is 37.8. The number of carbonyl (C=O) groups is 3. The van der Waals surface area contributed by atoms with E-state index in [1.807, 2.05) is 13.8 Å². The van der Waals surface area contributed by atoms with Gasteiger partial charge in [0.15, 0.2) is 0 Å². The number of amides is 3. The van der Waals surface area contributed by atoms with Gasteiger partial charge < -0.3 is 5.32 Å². The van der Waals surface area contributed by atoms with Gasteiger partial charge in [-0.3, -0.25) is 19.3 Å². The highest BCUT2D eigenvalue weighted by Gasteiger charge is 2.59. The van der Waals surface area contributed by atoms with Crippen LogP contribution in [0.3, 0.4) is 0 Å². The van der Waals surface area contributed by atoms with Crippen LogP contribution in [0.15, 0.2) is 12.2 Å². The summed E-state index contributed by atoms with van der Waals surface area (Å²) in [6.07, 6.45) is 5.85. The van der Waals surface area contributed by atoms with Gasteiger partial charge in [-0.25, -0.2) is 0 Å². The van der Waals surface area contributed by atoms with Crippen molar-refractivity contribution in [2.45, 2.75) is 32.7 Å². The molecule has 5 atom stereocenters. The largest absolute Gasteiger partial charge is 0.352 e. The van der Waals surface area contributed by atoms with Gasteiger partial charge in [0.2, 0.25) is 17.7 Å². The maximum Gasteiger partial charge on any atom is 0.240 e. The third-order valence-corrected chi connectivity index (χ3v) is 4.88. The number of nitrogens with one attached hydrogen (secondary N) is 1. The molecule has 20 heavy (non-hydrogen) atoms. The van der Waals surface area contributed by atoms with Crippen molar-refractivity contribution >= 4 is 17.7 Å². The molecule has 2 bridgehead atoms. The van der Waals surface area contributed by atoms with Gasteiger partial charge in [0.05, 0.1) is 11.8 Å². The van der Waals surface area contributed by atoms with Gasteiger partial charge in [-0.1, -0.05) is 19.1 Å². The van der Waals surface area contributed by atoms with Gasteiger partial charge >= 0.3 is 0 Å². The van der Waals surface area contributed by atoms with Crippen LogP contribution < -0.4 is 5.32 Å². The predicted octanol–water partition coefficient (Wildman–Crippen LogP) is 0.708. The van der Waals surface area contributed by atoms with E-state index in [0.29, 0.717) is 0 Å². The predicted molar refractivity (Wildman–Crippen MR) is 72.3 cm³/mol. The van der Waals surface area contributed by atoms with Crippen molar-refractivity contribution in [1.82, 2.24) is 10.2 Å². The van der Waals surface area contributed by atoms with Crippen LogP contribution in [0.4, 0.5) is 0 Å². The zero-order valence-corrected chi connectivity index (χ0v) is 11.8. The summed E-state index contributed by atoms with van der Waals surface area (Å²) in [5.74, 6) is -0.593. The van der Waals surface area contributed by atoms with Crippen molar-refractivity contribution in [3.05, 3.63) is 12.2 Å². The fourth-order valence-corrected chi connectivity index (χ4v) is 3.69. The maximum absolute atomic E-state index is 12.4. The Kier molecular flexibility index (Phi) is 3.15. The van der Waals surface area contributed by atoms with Gasteiger partial charge in [-0.15, -0.1) is 0 Å². The molecular formula is C15H20N2O3. The monoisotopic (exact) mass is 276 g/mol. The SMILES string of the molecule is CC[C@H](C)NC(=O)CN1C(=O)[C@@H]2[C@@H](C1=O)[C@H]1C=C[C@H]2C1. The van der Waals surface area contributed by atoms with Crippen LogP contribution in [0.5, 0.6) is 0 Å². The Morgan fingerprint density at radius 2 is 1.85 bits per heavy atom. The lowest BCUT2D eigenvalue weighted by Gasteiger charge is -2.18. The highest BCUT2D eigenvalue weighted by molar-refractivity contribution is 6.08. The van der Waals surface area contributed by atoms with Gasteiger partial charge in [0.1, 0.15) is 6.54 Å². The fraction of sp³-hybridized carbons (Fsp3) is 0.667. The molecule has 0 aromatic heterocycles. The number of hydrogen-bond acceptors (Lipinski definition) is 3. The van der Waals surface area contributed by atoms with Crippen LogP contribution in [0.2, 0.25) is 0 Å². The van der Waals surface area contributed by atoms with E-state index in [1.54, 1.807) is 0 Å². The number of carbonyl (C=O) groups excluding carboxylic acids is 3. The molecule has 1 saturated heterocycles. The van der Waals surface area contributed by atoms with E-state index in [4.69, 9.17) is 0 Å². The van der Waals surface area contributed by atoms with E-state index < -0.39 is 0 Å². The fourth-order valence-electron chi connectivity index (χ4n) is 3.69. The summed E-state index contributed by atoms with van der Waals surface area (Å²) in [6, 6.07) is 0.0626. The molecule has 1 heterocycles. The lowest BCUT2D eigenvalue weighted by molar-refractivity contribution is -0.144. The smallest absolute Gasteiger partial charge is 0.240 e. The van der Waals surface area contributed by atoms with Crippen LogP contribution in [0, 0.1) is 23.7 Å². The second kappa shape index (κ2) is 4.72. The topological polar surface area (TPSA) is 66.5 Å². The Labute approximate surface area is 118 Å². The van der Waals surface area contributed by atoms with Gasteiger partial charge in [-0.05, 0) is 31.6 Å². The average molecular weight is 276 g/mol. The molecule has 1 aliphatic heterocycles. The van der Waals surface area contributed by atoms with Crippen molar-refractivity contribution in [1.29, 1.82) is 0 Å². The second-order valence-electron chi connectivity index (χ2n) is 6.14. The Morgan fingerprint density at radius 3 is 2.35 bits per heavy atom. The number of rotatable bonds is 4. The Bertz CT molecular complexity index is 469. The Balaban J connectivity index is 1.69. The number of allylic oxidation sites excluding steroid dienone is 2. The van der Waals surface area contributed by atoms with E-state index in [1.165, 1.54) is 4.90 Å². The highest BCUT2D eigenvalue weighted by Crippen LogP contribution is 2.52. The summed E-state index contributed by atoms with van der Waals surface area (Å²) in [6.45, 7) is 3.75. The zero-order chi connectivity index (χ0) is 14.4. The van der Waals surface area contributed by atoms with Crippen molar-refractivity contribution in [2.24, 2.45) is 23.7 Å². The number of hydrogen-bond donors (Lipinski definition) is 1. The van der Waals surface area contributed by atoms with Gasteiger partial charge in [-0.2, -0.15) is 0 Å². The molecule has 0 unspecified atom stereocenters. The minimum atomic E-state index is -0.249. The number of fused-ring (bicyclic) bond motifs is 5. The van der Waals surface area contributed by atoms with Crippen molar-refractivity contribution in [2.75, 3.05) is 6.54 Å². The summed E-state index contributed by atoms with van der Waals surface area (Å²) < 4.78 is 0. The first-order chi connectivity index (χ1) is 9.52. The molecular weight excluding hydrogens is 256 g/mol. The molecule has 5 nitrogen and oxygen atoms in total. The normalized spacial score (nSPS) is 35.6. The molecule has 5 heteroatoms. The van der Waals surface area contributed by atoms with Crippen molar-refractivity contribution in [3.63, 3.8) is 0 Å². The standard InChI is InChI=1S/C15H20N2O3/c1-3-8(2)16-11(18)7-17-14(19)12-9-4-5-10(6-9)13(12)15(17)20/h4-5,8-10,12-13H,3,6-7H2,1-2H3,(H,16,18)/t8-,9-,10-,12-,13-/m0/s1. The molecule has 3 amide bonds. The van der Waals surface area contributed by atoms with Gasteiger partial charge in [0.25, 0.3) is 0 Å². The Morgan fingerprint density at radius 1 is 1.30 bits per heavy atom. The van der Waals surface area contributed by atoms with E-state index in [-0.39, 0.29) is 54.0 Å². The number of likely N-dealkylation sites (tertiary alicyclic amines) is 1. The van der Waals surface area contributed by atoms with E-state index >= 15 is 0 Å². The Hall–Kier alpha value is -1.65. The van der Waals surface area contributed by atoms with Crippen LogP contribution in [0.1, 0.15) is 26.7 Å². The van der Waals surface area contributed by atoms with Crippen LogP contribution in [-0.4, -0.2) is 35.2 Å². The molecule has 1 saturated carbocycles. The molecule has 0 radical (unpaired) electrons. The first-order valence-electron chi connectivity index (χ1n) is 7.35. The van der Waals surface area contributed by atoms with Crippen molar-refractivity contribution in [3.8, 4) is 0 Å². The lowest BCUT2D eigenvalue weighted by atomic mass is 9.85. The minimum absolute atomic E-state index is 0.0626. The molecule has 0 aromatic rings. The van der Waals surface area contributed by atoms with Crippen LogP contribution >= 0.6 is 0 Å². The summed E-state index contributed by atoms with van der Waals surface area (Å²) in [5, 5.41) is 2.80. The summed E-state index contributed by atoms with van der Waals surface area (Å²) >= 11 is 0. The molecule has 0 aromatic carbocycles. The zero-order valence-electron chi connectivity index (χ0n) is 11.8. The third-order valence-electron chi connectivity index (χ3n) is 4.88. The number of imide groups is 1. The molecule has 108 valence electrons. The molecule has 3 rings (SSSR count). The van der Waals surface area contributed by atoms with Crippen molar-refractivity contribution < 1.29 is 14.4 Å². The first kappa shape index (κ1) is 13.3.